The number of methoxy groups -OCH3 is 1. The van der Waals surface area contributed by atoms with Gasteiger partial charge in [-0.2, -0.15) is 0 Å². The standard InChI is InChI=1S/C20H21N3O3/c1-14-21-18-5-3-4-17(19(18)26-14)20(24)23-12-10-22(11-13-23)15-6-8-16(25-2)9-7-15/h3-9H,10-13H2,1-2H3. The number of rotatable bonds is 3. The number of ether oxygens (including phenoxy) is 1. The fourth-order valence-corrected chi connectivity index (χ4v) is 3.36. The molecule has 0 radical (unpaired) electrons. The van der Waals surface area contributed by atoms with E-state index in [4.69, 9.17) is 9.15 Å². The average Bonchev–Trinajstić information content (AvgIpc) is 3.08. The molecule has 26 heavy (non-hydrogen) atoms. The van der Waals surface area contributed by atoms with Crippen LogP contribution in [0.15, 0.2) is 46.9 Å². The summed E-state index contributed by atoms with van der Waals surface area (Å²) < 4.78 is 10.8. The number of hydrogen-bond donors (Lipinski definition) is 0. The monoisotopic (exact) mass is 351 g/mol. The molecule has 2 heterocycles. The van der Waals surface area contributed by atoms with Gasteiger partial charge in [0.15, 0.2) is 11.5 Å². The lowest BCUT2D eigenvalue weighted by molar-refractivity contribution is 0.0747. The largest absolute Gasteiger partial charge is 0.497 e. The van der Waals surface area contributed by atoms with Crippen LogP contribution in [0.1, 0.15) is 16.2 Å². The molecule has 0 spiro atoms. The second kappa shape index (κ2) is 6.71. The molecular weight excluding hydrogens is 330 g/mol. The third-order valence-electron chi connectivity index (χ3n) is 4.76. The van der Waals surface area contributed by atoms with E-state index in [2.05, 4.69) is 9.88 Å². The van der Waals surface area contributed by atoms with Gasteiger partial charge in [0.25, 0.3) is 5.91 Å². The van der Waals surface area contributed by atoms with Crippen LogP contribution in [0.3, 0.4) is 0 Å². The van der Waals surface area contributed by atoms with E-state index < -0.39 is 0 Å². The van der Waals surface area contributed by atoms with Crippen molar-refractivity contribution in [2.24, 2.45) is 0 Å². The zero-order chi connectivity index (χ0) is 18.1. The van der Waals surface area contributed by atoms with Crippen molar-refractivity contribution in [2.45, 2.75) is 6.92 Å². The maximum atomic E-state index is 13.0. The van der Waals surface area contributed by atoms with Gasteiger partial charge in [0, 0.05) is 38.8 Å². The lowest BCUT2D eigenvalue weighted by atomic mass is 10.1. The van der Waals surface area contributed by atoms with Crippen molar-refractivity contribution in [3.05, 3.63) is 53.9 Å². The van der Waals surface area contributed by atoms with E-state index >= 15 is 0 Å². The van der Waals surface area contributed by atoms with Crippen LogP contribution in [0.4, 0.5) is 5.69 Å². The molecule has 1 aliphatic heterocycles. The van der Waals surface area contributed by atoms with Crippen molar-refractivity contribution in [3.63, 3.8) is 0 Å². The molecule has 134 valence electrons. The van der Waals surface area contributed by atoms with Crippen molar-refractivity contribution in [3.8, 4) is 5.75 Å². The second-order valence-corrected chi connectivity index (χ2v) is 6.36. The number of aromatic nitrogens is 1. The summed E-state index contributed by atoms with van der Waals surface area (Å²) in [5, 5.41) is 0. The minimum absolute atomic E-state index is 0.00105. The van der Waals surface area contributed by atoms with Gasteiger partial charge in [-0.25, -0.2) is 4.98 Å². The Kier molecular flexibility index (Phi) is 4.24. The van der Waals surface area contributed by atoms with Crippen LogP contribution in [0.25, 0.3) is 11.1 Å². The van der Waals surface area contributed by atoms with Crippen LogP contribution in [0, 0.1) is 6.92 Å². The molecule has 4 rings (SSSR count). The summed E-state index contributed by atoms with van der Waals surface area (Å²) in [5.74, 6) is 1.42. The number of piperazine rings is 1. The topological polar surface area (TPSA) is 58.8 Å². The molecular formula is C20H21N3O3. The molecule has 0 bridgehead atoms. The summed E-state index contributed by atoms with van der Waals surface area (Å²) >= 11 is 0. The molecule has 1 aliphatic rings. The molecule has 0 aliphatic carbocycles. The fraction of sp³-hybridized carbons (Fsp3) is 0.300. The maximum absolute atomic E-state index is 13.0. The Balaban J connectivity index is 1.47. The van der Waals surface area contributed by atoms with E-state index in [1.54, 1.807) is 14.0 Å². The van der Waals surface area contributed by atoms with Gasteiger partial charge in [-0.05, 0) is 36.4 Å². The van der Waals surface area contributed by atoms with Crippen molar-refractivity contribution in [1.29, 1.82) is 0 Å². The number of fused-ring (bicyclic) bond motifs is 1. The molecule has 6 heteroatoms. The highest BCUT2D eigenvalue weighted by Gasteiger charge is 2.25. The number of benzene rings is 2. The number of anilines is 1. The Bertz CT molecular complexity index is 925. The summed E-state index contributed by atoms with van der Waals surface area (Å²) in [4.78, 5) is 21.4. The molecule has 0 saturated carbocycles. The molecule has 1 fully saturated rings. The quantitative estimate of drug-likeness (QED) is 0.726. The zero-order valence-corrected chi connectivity index (χ0v) is 14.9. The number of nitrogens with zero attached hydrogens (tertiary/aromatic N) is 3. The molecule has 0 N–H and O–H groups in total. The fourth-order valence-electron chi connectivity index (χ4n) is 3.36. The molecule has 0 atom stereocenters. The number of aryl methyl sites for hydroxylation is 1. The van der Waals surface area contributed by atoms with Crippen LogP contribution >= 0.6 is 0 Å². The Morgan fingerprint density at radius 3 is 2.50 bits per heavy atom. The summed E-state index contributed by atoms with van der Waals surface area (Å²) in [5.41, 5.74) is 3.03. The molecule has 0 unspecified atom stereocenters. The van der Waals surface area contributed by atoms with E-state index in [0.29, 0.717) is 30.1 Å². The Morgan fingerprint density at radius 2 is 1.81 bits per heavy atom. The summed E-state index contributed by atoms with van der Waals surface area (Å²) in [6.45, 7) is 4.73. The van der Waals surface area contributed by atoms with Gasteiger partial charge >= 0.3 is 0 Å². The highest BCUT2D eigenvalue weighted by Crippen LogP contribution is 2.24. The van der Waals surface area contributed by atoms with Gasteiger partial charge in [-0.15, -0.1) is 0 Å². The van der Waals surface area contributed by atoms with Gasteiger partial charge in [-0.3, -0.25) is 4.79 Å². The number of carbonyl (C=O) groups excluding carboxylic acids is 1. The summed E-state index contributed by atoms with van der Waals surface area (Å²) in [6, 6.07) is 13.5. The number of hydrogen-bond acceptors (Lipinski definition) is 5. The molecule has 6 nitrogen and oxygen atoms in total. The molecule has 2 aromatic carbocycles. The van der Waals surface area contributed by atoms with Crippen molar-refractivity contribution in [2.75, 3.05) is 38.2 Å². The minimum atomic E-state index is 0.00105. The van der Waals surface area contributed by atoms with Crippen LogP contribution in [0.5, 0.6) is 5.75 Å². The summed E-state index contributed by atoms with van der Waals surface area (Å²) in [7, 11) is 1.66. The molecule has 1 amide bonds. The number of oxazole rings is 1. The highest BCUT2D eigenvalue weighted by molar-refractivity contribution is 6.04. The predicted octanol–water partition coefficient (Wildman–Crippen LogP) is 3.11. The normalized spacial score (nSPS) is 14.7. The Morgan fingerprint density at radius 1 is 1.08 bits per heavy atom. The first-order valence-electron chi connectivity index (χ1n) is 8.70. The summed E-state index contributed by atoms with van der Waals surface area (Å²) in [6.07, 6.45) is 0. The Hall–Kier alpha value is -3.02. The lowest BCUT2D eigenvalue weighted by Crippen LogP contribution is -2.48. The lowest BCUT2D eigenvalue weighted by Gasteiger charge is -2.36. The van der Waals surface area contributed by atoms with Crippen molar-refractivity contribution < 1.29 is 13.9 Å². The van der Waals surface area contributed by atoms with Gasteiger partial charge in [0.2, 0.25) is 0 Å². The number of para-hydroxylation sites is 1. The van der Waals surface area contributed by atoms with Crippen LogP contribution < -0.4 is 9.64 Å². The SMILES string of the molecule is COc1ccc(N2CCN(C(=O)c3cccc4nc(C)oc34)CC2)cc1. The smallest absolute Gasteiger partial charge is 0.257 e. The third kappa shape index (κ3) is 2.98. The minimum Gasteiger partial charge on any atom is -0.497 e. The first-order valence-corrected chi connectivity index (χ1v) is 8.70. The van der Waals surface area contributed by atoms with Gasteiger partial charge in [-0.1, -0.05) is 6.07 Å². The molecule has 1 aromatic heterocycles. The van der Waals surface area contributed by atoms with Gasteiger partial charge in [0.1, 0.15) is 11.3 Å². The van der Waals surface area contributed by atoms with E-state index in [1.807, 2.05) is 47.4 Å². The van der Waals surface area contributed by atoms with Crippen LogP contribution in [0.2, 0.25) is 0 Å². The van der Waals surface area contributed by atoms with Crippen molar-refractivity contribution in [1.82, 2.24) is 9.88 Å². The first kappa shape index (κ1) is 16.4. The Labute approximate surface area is 152 Å². The van der Waals surface area contributed by atoms with E-state index in [0.717, 1.165) is 30.0 Å². The number of amides is 1. The van der Waals surface area contributed by atoms with Crippen LogP contribution in [-0.4, -0.2) is 49.1 Å². The second-order valence-electron chi connectivity index (χ2n) is 6.36. The first-order chi connectivity index (χ1) is 12.7. The van der Waals surface area contributed by atoms with E-state index in [9.17, 15) is 4.79 Å². The van der Waals surface area contributed by atoms with Gasteiger partial charge in [0.05, 0.1) is 12.7 Å². The third-order valence-corrected chi connectivity index (χ3v) is 4.76. The van der Waals surface area contributed by atoms with E-state index in [1.165, 1.54) is 0 Å². The molecule has 1 saturated heterocycles. The average molecular weight is 351 g/mol. The zero-order valence-electron chi connectivity index (χ0n) is 14.9. The highest BCUT2D eigenvalue weighted by atomic mass is 16.5. The van der Waals surface area contributed by atoms with Crippen molar-refractivity contribution >= 4 is 22.7 Å². The maximum Gasteiger partial charge on any atom is 0.257 e. The molecule has 3 aromatic rings. The van der Waals surface area contributed by atoms with Crippen LogP contribution in [-0.2, 0) is 0 Å². The number of carbonyl (C=O) groups is 1. The van der Waals surface area contributed by atoms with E-state index in [-0.39, 0.29) is 5.91 Å². The predicted molar refractivity (Wildman–Crippen MR) is 99.9 cm³/mol. The van der Waals surface area contributed by atoms with Gasteiger partial charge < -0.3 is 19.0 Å².